The second-order valence-electron chi connectivity index (χ2n) is 12.0. The van der Waals surface area contributed by atoms with Crippen LogP contribution in [0.1, 0.15) is 70.6 Å². The van der Waals surface area contributed by atoms with E-state index >= 15 is 0 Å². The van der Waals surface area contributed by atoms with Crippen LogP contribution in [0.15, 0.2) is 83.6 Å². The summed E-state index contributed by atoms with van der Waals surface area (Å²) in [5.74, 6) is 1.01. The van der Waals surface area contributed by atoms with Gasteiger partial charge in [0.15, 0.2) is 0 Å². The number of hydrogen-bond acceptors (Lipinski definition) is 1. The van der Waals surface area contributed by atoms with Crippen LogP contribution in [0.2, 0.25) is 0 Å². The SMILES string of the molecule is CNC1C(C(C2=CC=CCC2)C2C=CCCC2)=CC(C(F)(F)F)=CC1C(C1C=CCCC1)C1CC=CCC1. The fourth-order valence-corrected chi connectivity index (χ4v) is 8.00. The number of alkyl halides is 3. The van der Waals surface area contributed by atoms with Gasteiger partial charge in [0.1, 0.15) is 0 Å². The van der Waals surface area contributed by atoms with E-state index in [1.54, 1.807) is 12.2 Å². The van der Waals surface area contributed by atoms with Gasteiger partial charge in [0.25, 0.3) is 0 Å². The molecule has 4 heteroatoms. The molecule has 5 rings (SSSR count). The topological polar surface area (TPSA) is 12.0 Å². The van der Waals surface area contributed by atoms with Crippen molar-refractivity contribution in [1.29, 1.82) is 0 Å². The van der Waals surface area contributed by atoms with E-state index in [4.69, 9.17) is 0 Å². The summed E-state index contributed by atoms with van der Waals surface area (Å²) in [5.41, 5.74) is 1.82. The van der Waals surface area contributed by atoms with E-state index in [9.17, 15) is 13.2 Å². The largest absolute Gasteiger partial charge is 0.416 e. The third-order valence-corrected chi connectivity index (χ3v) is 9.69. The second kappa shape index (κ2) is 12.4. The minimum absolute atomic E-state index is 0.0105. The molecule has 0 saturated carbocycles. The normalized spacial score (nSPS) is 33.4. The lowest BCUT2D eigenvalue weighted by atomic mass is 9.60. The highest BCUT2D eigenvalue weighted by atomic mass is 19.4. The van der Waals surface area contributed by atoms with Gasteiger partial charge in [0.2, 0.25) is 0 Å². The Labute approximate surface area is 227 Å². The maximum absolute atomic E-state index is 14.6. The minimum Gasteiger partial charge on any atom is -0.313 e. The van der Waals surface area contributed by atoms with Gasteiger partial charge in [-0.25, -0.2) is 0 Å². The summed E-state index contributed by atoms with van der Waals surface area (Å²) in [5, 5.41) is 3.60. The monoisotopic (exact) mass is 523 g/mol. The molecule has 0 heterocycles. The van der Waals surface area contributed by atoms with Crippen LogP contribution in [0.25, 0.3) is 0 Å². The van der Waals surface area contributed by atoms with Crippen LogP contribution in [-0.4, -0.2) is 19.3 Å². The molecule has 0 aromatic rings. The van der Waals surface area contributed by atoms with E-state index in [1.165, 1.54) is 5.57 Å². The van der Waals surface area contributed by atoms with Crippen LogP contribution >= 0.6 is 0 Å². The highest BCUT2D eigenvalue weighted by molar-refractivity contribution is 5.43. The molecular formula is C34H44F3N. The molecule has 1 nitrogen and oxygen atoms in total. The molecule has 7 unspecified atom stereocenters. The van der Waals surface area contributed by atoms with Crippen molar-refractivity contribution in [3.05, 3.63) is 83.6 Å². The molecule has 5 aliphatic rings. The second-order valence-corrected chi connectivity index (χ2v) is 12.0. The Kier molecular flexibility index (Phi) is 8.98. The lowest BCUT2D eigenvalue weighted by Crippen LogP contribution is -2.47. The lowest BCUT2D eigenvalue weighted by molar-refractivity contribution is -0.0896. The number of hydrogen-bond donors (Lipinski definition) is 1. The maximum Gasteiger partial charge on any atom is 0.416 e. The van der Waals surface area contributed by atoms with Gasteiger partial charge in [0.05, 0.1) is 5.57 Å². The van der Waals surface area contributed by atoms with Crippen LogP contribution in [0, 0.1) is 35.5 Å². The van der Waals surface area contributed by atoms with E-state index in [2.05, 4.69) is 60.0 Å². The first-order valence-electron chi connectivity index (χ1n) is 15.0. The van der Waals surface area contributed by atoms with Gasteiger partial charge in [-0.1, -0.05) is 66.3 Å². The van der Waals surface area contributed by atoms with Crippen molar-refractivity contribution in [2.45, 2.75) is 82.8 Å². The Bertz CT molecular complexity index is 1040. The highest BCUT2D eigenvalue weighted by Crippen LogP contribution is 2.50. The van der Waals surface area contributed by atoms with E-state index < -0.39 is 11.7 Å². The first-order chi connectivity index (χ1) is 18.5. The Morgan fingerprint density at radius 3 is 2.21 bits per heavy atom. The predicted octanol–water partition coefficient (Wildman–Crippen LogP) is 9.20. The summed E-state index contributed by atoms with van der Waals surface area (Å²) < 4.78 is 43.8. The Morgan fingerprint density at radius 2 is 1.63 bits per heavy atom. The molecule has 0 bridgehead atoms. The average Bonchev–Trinajstić information content (AvgIpc) is 2.95. The van der Waals surface area contributed by atoms with Crippen molar-refractivity contribution in [3.8, 4) is 0 Å². The summed E-state index contributed by atoms with van der Waals surface area (Å²) >= 11 is 0. The number of likely N-dealkylation sites (N-methyl/N-ethyl adjacent to an activating group) is 1. The predicted molar refractivity (Wildman–Crippen MR) is 151 cm³/mol. The van der Waals surface area contributed by atoms with E-state index in [0.29, 0.717) is 11.8 Å². The third-order valence-electron chi connectivity index (χ3n) is 9.69. The molecule has 0 fully saturated rings. The number of halogens is 3. The molecule has 0 saturated heterocycles. The van der Waals surface area contributed by atoms with Crippen LogP contribution in [0.5, 0.6) is 0 Å². The molecule has 0 aromatic carbocycles. The molecule has 1 N–H and O–H groups in total. The van der Waals surface area contributed by atoms with Crippen molar-refractivity contribution in [3.63, 3.8) is 0 Å². The molecular weight excluding hydrogens is 479 g/mol. The first kappa shape index (κ1) is 27.5. The molecule has 0 radical (unpaired) electrons. The molecule has 5 aliphatic carbocycles. The summed E-state index contributed by atoms with van der Waals surface area (Å²) in [6.45, 7) is 0. The number of rotatable bonds is 7. The number of allylic oxidation sites excluding steroid dienone is 12. The van der Waals surface area contributed by atoms with Crippen molar-refractivity contribution in [2.75, 3.05) is 7.05 Å². The van der Waals surface area contributed by atoms with Gasteiger partial charge < -0.3 is 5.32 Å². The average molecular weight is 524 g/mol. The van der Waals surface area contributed by atoms with Gasteiger partial charge in [-0.15, -0.1) is 0 Å². The van der Waals surface area contributed by atoms with Gasteiger partial charge >= 0.3 is 6.18 Å². The van der Waals surface area contributed by atoms with Gasteiger partial charge in [-0.3, -0.25) is 0 Å². The Morgan fingerprint density at radius 1 is 0.868 bits per heavy atom. The van der Waals surface area contributed by atoms with Crippen molar-refractivity contribution < 1.29 is 13.2 Å². The van der Waals surface area contributed by atoms with Gasteiger partial charge in [0, 0.05) is 17.9 Å². The van der Waals surface area contributed by atoms with E-state index in [-0.39, 0.29) is 29.7 Å². The van der Waals surface area contributed by atoms with Crippen LogP contribution in [0.3, 0.4) is 0 Å². The standard InChI is InChI=1S/C34H44F3N/c1-38-33-29(31(24-14-6-2-7-15-24)25-16-8-3-9-17-25)22-28(34(35,36)37)23-30(33)32(26-18-10-4-11-19-26)27-20-12-5-13-21-27/h2,4,6,8,10,12,14,16,20,22-23,25-27,30-33,38H,3,5,7,9,11,13,15,17-19,21H2,1H3. The van der Waals surface area contributed by atoms with Crippen molar-refractivity contribution in [1.82, 2.24) is 5.32 Å². The van der Waals surface area contributed by atoms with Crippen molar-refractivity contribution in [2.24, 2.45) is 35.5 Å². The quantitative estimate of drug-likeness (QED) is 0.328. The molecule has 7 atom stereocenters. The summed E-state index contributed by atoms with van der Waals surface area (Å²) in [6, 6.07) is -0.0977. The summed E-state index contributed by atoms with van der Waals surface area (Å²) in [7, 11) is 1.97. The Hall–Kier alpha value is -2.07. The molecule has 0 amide bonds. The van der Waals surface area contributed by atoms with Crippen LogP contribution < -0.4 is 5.32 Å². The van der Waals surface area contributed by atoms with E-state index in [0.717, 1.165) is 76.2 Å². The van der Waals surface area contributed by atoms with Crippen LogP contribution in [0.4, 0.5) is 13.2 Å². The zero-order chi connectivity index (χ0) is 26.5. The zero-order valence-electron chi connectivity index (χ0n) is 22.8. The highest BCUT2D eigenvalue weighted by Gasteiger charge is 2.46. The third kappa shape index (κ3) is 6.06. The first-order valence-corrected chi connectivity index (χ1v) is 15.0. The molecule has 206 valence electrons. The zero-order valence-corrected chi connectivity index (χ0v) is 22.8. The molecule has 38 heavy (non-hydrogen) atoms. The molecule has 0 aromatic heterocycles. The summed E-state index contributed by atoms with van der Waals surface area (Å²) in [4.78, 5) is 0. The number of nitrogens with one attached hydrogen (secondary N) is 1. The lowest BCUT2D eigenvalue weighted by Gasteiger charge is -2.46. The molecule has 0 spiro atoms. The van der Waals surface area contributed by atoms with Crippen LogP contribution in [-0.2, 0) is 0 Å². The van der Waals surface area contributed by atoms with Crippen molar-refractivity contribution >= 4 is 0 Å². The van der Waals surface area contributed by atoms with E-state index in [1.807, 2.05) is 7.05 Å². The van der Waals surface area contributed by atoms with Gasteiger partial charge in [-0.2, -0.15) is 13.2 Å². The molecule has 0 aliphatic heterocycles. The maximum atomic E-state index is 14.6. The minimum atomic E-state index is -4.35. The Balaban J connectivity index is 1.62. The fourth-order valence-electron chi connectivity index (χ4n) is 8.00. The summed E-state index contributed by atoms with van der Waals surface area (Å²) in [6.07, 6.45) is 30.4. The fraction of sp³-hybridized carbons (Fsp3) is 0.588. The van der Waals surface area contributed by atoms with Gasteiger partial charge in [-0.05, 0) is 113 Å². The smallest absolute Gasteiger partial charge is 0.313 e.